The number of aromatic nitrogens is 3. The number of para-hydroxylation sites is 1. The Hall–Kier alpha value is -4.26. The van der Waals surface area contributed by atoms with E-state index in [0.29, 0.717) is 18.8 Å². The van der Waals surface area contributed by atoms with Crippen LogP contribution in [0.4, 0.5) is 11.4 Å². The SMILES string of the molecule is CCc1c(C2=NCN(c3cc(C(=O)Nc4cc(C(C)(C)C)cnc4C)ccc3C)C2)cnn1-c1ccccc1. The van der Waals surface area contributed by atoms with Gasteiger partial charge in [0.1, 0.15) is 6.67 Å². The third kappa shape index (κ3) is 5.35. The van der Waals surface area contributed by atoms with Gasteiger partial charge in [-0.2, -0.15) is 5.10 Å². The summed E-state index contributed by atoms with van der Waals surface area (Å²) in [4.78, 5) is 24.9. The first-order valence-electron chi connectivity index (χ1n) is 13.5. The lowest BCUT2D eigenvalue weighted by molar-refractivity contribution is 0.102. The first-order chi connectivity index (χ1) is 18.7. The van der Waals surface area contributed by atoms with Crippen molar-refractivity contribution in [2.45, 2.75) is 53.4 Å². The van der Waals surface area contributed by atoms with Gasteiger partial charge in [-0.1, -0.05) is 52.0 Å². The summed E-state index contributed by atoms with van der Waals surface area (Å²) in [6, 6.07) is 18.1. The molecule has 200 valence electrons. The van der Waals surface area contributed by atoms with Gasteiger partial charge in [-0.15, -0.1) is 0 Å². The molecule has 0 aliphatic carbocycles. The highest BCUT2D eigenvalue weighted by molar-refractivity contribution is 6.07. The number of rotatable bonds is 6. The predicted octanol–water partition coefficient (Wildman–Crippen LogP) is 6.26. The molecular formula is C32H36N6O. The molecule has 39 heavy (non-hydrogen) atoms. The van der Waals surface area contributed by atoms with Gasteiger partial charge in [0.05, 0.1) is 41.2 Å². The van der Waals surface area contributed by atoms with Gasteiger partial charge < -0.3 is 10.2 Å². The quantitative estimate of drug-likeness (QED) is 0.325. The Kier molecular flexibility index (Phi) is 7.08. The fourth-order valence-corrected chi connectivity index (χ4v) is 4.89. The summed E-state index contributed by atoms with van der Waals surface area (Å²) in [6.45, 7) is 13.7. The number of nitrogens with one attached hydrogen (secondary N) is 1. The average molecular weight is 521 g/mol. The molecule has 0 atom stereocenters. The third-order valence-electron chi connectivity index (χ3n) is 7.30. The number of hydrogen-bond acceptors (Lipinski definition) is 5. The zero-order valence-electron chi connectivity index (χ0n) is 23.6. The molecule has 0 bridgehead atoms. The molecule has 1 N–H and O–H groups in total. The summed E-state index contributed by atoms with van der Waals surface area (Å²) in [6.07, 6.45) is 4.66. The molecule has 5 rings (SSSR count). The number of pyridine rings is 1. The maximum atomic E-state index is 13.3. The van der Waals surface area contributed by atoms with Crippen LogP contribution in [0, 0.1) is 13.8 Å². The van der Waals surface area contributed by atoms with Crippen LogP contribution in [0.1, 0.15) is 66.1 Å². The van der Waals surface area contributed by atoms with Crippen molar-refractivity contribution in [1.82, 2.24) is 14.8 Å². The fourth-order valence-electron chi connectivity index (χ4n) is 4.89. The molecule has 0 saturated heterocycles. The molecule has 0 unspecified atom stereocenters. The van der Waals surface area contributed by atoms with E-state index in [9.17, 15) is 4.79 Å². The maximum absolute atomic E-state index is 13.3. The van der Waals surface area contributed by atoms with Crippen LogP contribution < -0.4 is 10.2 Å². The second-order valence-corrected chi connectivity index (χ2v) is 11.1. The summed E-state index contributed by atoms with van der Waals surface area (Å²) in [7, 11) is 0. The zero-order chi connectivity index (χ0) is 27.7. The number of amides is 1. The first-order valence-corrected chi connectivity index (χ1v) is 13.5. The molecule has 0 fully saturated rings. The van der Waals surface area contributed by atoms with E-state index in [2.05, 4.69) is 67.1 Å². The Labute approximate surface area is 230 Å². The van der Waals surface area contributed by atoms with Crippen LogP contribution in [0.15, 0.2) is 72.0 Å². The number of benzene rings is 2. The minimum atomic E-state index is -0.148. The third-order valence-corrected chi connectivity index (χ3v) is 7.30. The van der Waals surface area contributed by atoms with E-state index in [1.54, 1.807) is 0 Å². The molecular weight excluding hydrogens is 484 g/mol. The molecule has 1 aliphatic heterocycles. The Bertz CT molecular complexity index is 1540. The fraction of sp³-hybridized carbons (Fsp3) is 0.312. The van der Waals surface area contributed by atoms with Crippen LogP contribution in [-0.2, 0) is 11.8 Å². The van der Waals surface area contributed by atoms with Crippen molar-refractivity contribution in [1.29, 1.82) is 0 Å². The number of nitrogens with zero attached hydrogens (tertiary/aromatic N) is 5. The average Bonchev–Trinajstić information content (AvgIpc) is 3.57. The van der Waals surface area contributed by atoms with Crippen LogP contribution in [-0.4, -0.2) is 39.6 Å². The molecule has 0 saturated carbocycles. The van der Waals surface area contributed by atoms with Crippen molar-refractivity contribution in [3.8, 4) is 5.69 Å². The van der Waals surface area contributed by atoms with Gasteiger partial charge in [0.15, 0.2) is 0 Å². The Morgan fingerprint density at radius 2 is 1.79 bits per heavy atom. The zero-order valence-corrected chi connectivity index (χ0v) is 23.6. The molecule has 4 aromatic rings. The van der Waals surface area contributed by atoms with E-state index in [0.717, 1.165) is 57.3 Å². The number of carbonyl (C=O) groups is 1. The van der Waals surface area contributed by atoms with Crippen molar-refractivity contribution in [3.63, 3.8) is 0 Å². The maximum Gasteiger partial charge on any atom is 0.255 e. The van der Waals surface area contributed by atoms with Crippen molar-refractivity contribution in [2.75, 3.05) is 23.4 Å². The van der Waals surface area contributed by atoms with Crippen molar-refractivity contribution < 1.29 is 4.79 Å². The lowest BCUT2D eigenvalue weighted by Crippen LogP contribution is -2.25. The lowest BCUT2D eigenvalue weighted by atomic mass is 9.88. The number of carbonyl (C=O) groups excluding carboxylic acids is 1. The normalized spacial score (nSPS) is 13.5. The highest BCUT2D eigenvalue weighted by Crippen LogP contribution is 2.28. The van der Waals surface area contributed by atoms with Crippen LogP contribution in [0.5, 0.6) is 0 Å². The van der Waals surface area contributed by atoms with Crippen LogP contribution >= 0.6 is 0 Å². The highest BCUT2D eigenvalue weighted by Gasteiger charge is 2.24. The molecule has 0 radical (unpaired) electrons. The summed E-state index contributed by atoms with van der Waals surface area (Å²) in [5.74, 6) is -0.148. The Balaban J connectivity index is 1.36. The summed E-state index contributed by atoms with van der Waals surface area (Å²) in [5, 5.41) is 7.77. The van der Waals surface area contributed by atoms with E-state index in [4.69, 9.17) is 4.99 Å². The molecule has 7 nitrogen and oxygen atoms in total. The van der Waals surface area contributed by atoms with E-state index < -0.39 is 0 Å². The summed E-state index contributed by atoms with van der Waals surface area (Å²) >= 11 is 0. The van der Waals surface area contributed by atoms with E-state index >= 15 is 0 Å². The molecule has 7 heteroatoms. The molecule has 3 heterocycles. The molecule has 1 aliphatic rings. The second-order valence-electron chi connectivity index (χ2n) is 11.1. The second kappa shape index (κ2) is 10.5. The van der Waals surface area contributed by atoms with E-state index in [-0.39, 0.29) is 11.3 Å². The van der Waals surface area contributed by atoms with Crippen molar-refractivity contribution in [3.05, 3.63) is 101 Å². The van der Waals surface area contributed by atoms with Crippen LogP contribution in [0.25, 0.3) is 5.69 Å². The van der Waals surface area contributed by atoms with Crippen molar-refractivity contribution in [2.24, 2.45) is 4.99 Å². The van der Waals surface area contributed by atoms with Crippen LogP contribution in [0.3, 0.4) is 0 Å². The van der Waals surface area contributed by atoms with Gasteiger partial charge in [0, 0.05) is 23.0 Å². The van der Waals surface area contributed by atoms with Gasteiger partial charge in [-0.3, -0.25) is 14.8 Å². The number of hydrogen-bond donors (Lipinski definition) is 1. The molecule has 1 amide bonds. The van der Waals surface area contributed by atoms with E-state index in [1.807, 2.05) is 66.5 Å². The van der Waals surface area contributed by atoms with Gasteiger partial charge in [-0.05, 0) is 67.1 Å². The minimum Gasteiger partial charge on any atom is -0.346 e. The topological polar surface area (TPSA) is 75.4 Å². The van der Waals surface area contributed by atoms with Gasteiger partial charge in [-0.25, -0.2) is 4.68 Å². The minimum absolute atomic E-state index is 0.0557. The smallest absolute Gasteiger partial charge is 0.255 e. The standard InChI is InChI=1S/C32H36N6O/c1-7-29-26(18-35-38(29)25-11-9-8-10-12-25)28-19-37(20-34-28)30-15-23(14-13-21(30)2)31(39)36-27-16-24(32(4,5)6)17-33-22(27)3/h8-18H,7,19-20H2,1-6H3,(H,36,39). The first kappa shape index (κ1) is 26.4. The summed E-state index contributed by atoms with van der Waals surface area (Å²) in [5.41, 5.74) is 9.57. The van der Waals surface area contributed by atoms with E-state index in [1.165, 1.54) is 0 Å². The number of aryl methyl sites for hydroxylation is 2. The molecule has 0 spiro atoms. The number of aliphatic imine (C=N–C) groups is 1. The van der Waals surface area contributed by atoms with Gasteiger partial charge >= 0.3 is 0 Å². The largest absolute Gasteiger partial charge is 0.346 e. The lowest BCUT2D eigenvalue weighted by Gasteiger charge is -2.21. The predicted molar refractivity (Wildman–Crippen MR) is 158 cm³/mol. The highest BCUT2D eigenvalue weighted by atomic mass is 16.1. The van der Waals surface area contributed by atoms with Crippen LogP contribution in [0.2, 0.25) is 0 Å². The molecule has 2 aromatic heterocycles. The Morgan fingerprint density at radius 3 is 2.51 bits per heavy atom. The van der Waals surface area contributed by atoms with Crippen molar-refractivity contribution >= 4 is 23.0 Å². The Morgan fingerprint density at radius 1 is 1.03 bits per heavy atom. The van der Waals surface area contributed by atoms with Gasteiger partial charge in [0.2, 0.25) is 0 Å². The monoisotopic (exact) mass is 520 g/mol. The molecule has 2 aromatic carbocycles. The van der Waals surface area contributed by atoms with Gasteiger partial charge in [0.25, 0.3) is 5.91 Å². The number of anilines is 2. The summed E-state index contributed by atoms with van der Waals surface area (Å²) < 4.78 is 2.00.